The molecule has 6 nitrogen and oxygen atoms in total. The Morgan fingerprint density at radius 1 is 1.18 bits per heavy atom. The number of halogens is 2. The second-order valence-corrected chi connectivity index (χ2v) is 8.29. The van der Waals surface area contributed by atoms with Gasteiger partial charge in [0, 0.05) is 18.2 Å². The number of alkyl halides is 2. The van der Waals surface area contributed by atoms with Gasteiger partial charge in [-0.25, -0.2) is 13.1 Å². The number of aryl methyl sites for hydroxylation is 1. The first-order valence-corrected chi connectivity index (χ1v) is 10.2. The monoisotopic (exact) mass is 410 g/mol. The van der Waals surface area contributed by atoms with Gasteiger partial charge in [-0.15, -0.1) is 0 Å². The Balaban J connectivity index is 1.67. The lowest BCUT2D eigenvalue weighted by Gasteiger charge is -2.11. The summed E-state index contributed by atoms with van der Waals surface area (Å²) in [5.74, 6) is -0.393. The van der Waals surface area contributed by atoms with Crippen molar-refractivity contribution in [2.45, 2.75) is 43.9 Å². The standard InChI is InChI=1S/C19H20F2N2O4S/c1-12-2-9-16(28(25,26)23-14-5-6-14)10-17(12)18(24)22-11-13-3-7-15(8-4-13)27-19(20)21/h2-4,7-10,14,19,23H,5-6,11H2,1H3,(H,22,24). The third-order valence-corrected chi connectivity index (χ3v) is 5.78. The average Bonchev–Trinajstić information content (AvgIpc) is 3.44. The predicted octanol–water partition coefficient (Wildman–Crippen LogP) is 2.97. The zero-order chi connectivity index (χ0) is 20.3. The van der Waals surface area contributed by atoms with Gasteiger partial charge in [0.15, 0.2) is 0 Å². The summed E-state index contributed by atoms with van der Waals surface area (Å²) in [6.07, 6.45) is 1.64. The summed E-state index contributed by atoms with van der Waals surface area (Å²) in [5, 5.41) is 2.70. The van der Waals surface area contributed by atoms with Gasteiger partial charge in [-0.05, 0) is 55.2 Å². The van der Waals surface area contributed by atoms with Gasteiger partial charge in [0.1, 0.15) is 5.75 Å². The number of hydrogen-bond donors (Lipinski definition) is 2. The summed E-state index contributed by atoms with van der Waals surface area (Å²) in [4.78, 5) is 12.6. The molecule has 28 heavy (non-hydrogen) atoms. The molecule has 0 unspecified atom stereocenters. The lowest BCUT2D eigenvalue weighted by Crippen LogP contribution is -2.27. The highest BCUT2D eigenvalue weighted by Gasteiger charge is 2.28. The fourth-order valence-electron chi connectivity index (χ4n) is 2.57. The molecule has 2 aromatic carbocycles. The maximum Gasteiger partial charge on any atom is 0.387 e. The van der Waals surface area contributed by atoms with Crippen molar-refractivity contribution in [3.8, 4) is 5.75 Å². The first kappa shape index (κ1) is 20.2. The van der Waals surface area contributed by atoms with Crippen molar-refractivity contribution in [3.63, 3.8) is 0 Å². The minimum atomic E-state index is -3.66. The molecule has 2 N–H and O–H groups in total. The molecule has 1 saturated carbocycles. The van der Waals surface area contributed by atoms with E-state index in [0.29, 0.717) is 11.1 Å². The Bertz CT molecular complexity index is 958. The first-order valence-electron chi connectivity index (χ1n) is 8.69. The number of ether oxygens (including phenoxy) is 1. The van der Waals surface area contributed by atoms with Crippen LogP contribution in [0.2, 0.25) is 0 Å². The second-order valence-electron chi connectivity index (χ2n) is 6.58. The molecule has 0 radical (unpaired) electrons. The summed E-state index contributed by atoms with van der Waals surface area (Å²) in [6, 6.07) is 10.3. The van der Waals surface area contributed by atoms with Crippen LogP contribution in [-0.2, 0) is 16.6 Å². The number of amides is 1. The zero-order valence-electron chi connectivity index (χ0n) is 15.1. The van der Waals surface area contributed by atoms with E-state index in [9.17, 15) is 22.0 Å². The van der Waals surface area contributed by atoms with Crippen molar-refractivity contribution in [1.29, 1.82) is 0 Å². The first-order chi connectivity index (χ1) is 13.2. The molecule has 0 aliphatic heterocycles. The van der Waals surface area contributed by atoms with Crippen LogP contribution < -0.4 is 14.8 Å². The van der Waals surface area contributed by atoms with Gasteiger partial charge in [0.05, 0.1) is 4.90 Å². The lowest BCUT2D eigenvalue weighted by atomic mass is 10.1. The number of carbonyl (C=O) groups excluding carboxylic acids is 1. The fraction of sp³-hybridized carbons (Fsp3) is 0.316. The quantitative estimate of drug-likeness (QED) is 0.701. The van der Waals surface area contributed by atoms with E-state index < -0.39 is 22.5 Å². The van der Waals surface area contributed by atoms with Gasteiger partial charge in [-0.1, -0.05) is 18.2 Å². The smallest absolute Gasteiger partial charge is 0.387 e. The zero-order valence-corrected chi connectivity index (χ0v) is 15.9. The molecule has 0 saturated heterocycles. The van der Waals surface area contributed by atoms with Crippen LogP contribution in [0.15, 0.2) is 47.4 Å². The molecule has 0 aromatic heterocycles. The fourth-order valence-corrected chi connectivity index (χ4v) is 3.90. The minimum Gasteiger partial charge on any atom is -0.435 e. The Morgan fingerprint density at radius 3 is 2.46 bits per heavy atom. The van der Waals surface area contributed by atoms with Crippen LogP contribution in [0.4, 0.5) is 8.78 Å². The maximum absolute atomic E-state index is 12.5. The Hall–Kier alpha value is -2.52. The van der Waals surface area contributed by atoms with Crippen LogP contribution in [0.25, 0.3) is 0 Å². The molecule has 0 bridgehead atoms. The van der Waals surface area contributed by atoms with Crippen molar-refractivity contribution in [3.05, 3.63) is 59.2 Å². The summed E-state index contributed by atoms with van der Waals surface area (Å²) < 4.78 is 55.9. The molecule has 0 spiro atoms. The average molecular weight is 410 g/mol. The maximum atomic E-state index is 12.5. The molecule has 0 atom stereocenters. The third-order valence-electron chi connectivity index (χ3n) is 4.26. The van der Waals surface area contributed by atoms with E-state index in [1.165, 1.54) is 24.3 Å². The van der Waals surface area contributed by atoms with Crippen molar-refractivity contribution < 1.29 is 26.7 Å². The predicted molar refractivity (Wildman–Crippen MR) is 98.8 cm³/mol. The highest BCUT2D eigenvalue weighted by atomic mass is 32.2. The highest BCUT2D eigenvalue weighted by molar-refractivity contribution is 7.89. The number of carbonyl (C=O) groups is 1. The van der Waals surface area contributed by atoms with Crippen LogP contribution in [0, 0.1) is 6.92 Å². The Labute approximate surface area is 162 Å². The second kappa shape index (κ2) is 8.24. The molecule has 2 aromatic rings. The summed E-state index contributed by atoms with van der Waals surface area (Å²) in [6.45, 7) is -1.02. The van der Waals surface area contributed by atoms with Crippen molar-refractivity contribution in [2.75, 3.05) is 0 Å². The van der Waals surface area contributed by atoms with Crippen molar-refractivity contribution in [2.24, 2.45) is 0 Å². The van der Waals surface area contributed by atoms with Gasteiger partial charge < -0.3 is 10.1 Å². The molecule has 1 aliphatic rings. The normalized spacial score (nSPS) is 14.1. The van der Waals surface area contributed by atoms with Gasteiger partial charge in [0.25, 0.3) is 5.91 Å². The SMILES string of the molecule is Cc1ccc(S(=O)(=O)NC2CC2)cc1C(=O)NCc1ccc(OC(F)F)cc1. The van der Waals surface area contributed by atoms with Gasteiger partial charge >= 0.3 is 6.61 Å². The van der Waals surface area contributed by atoms with Crippen LogP contribution in [0.1, 0.15) is 34.3 Å². The van der Waals surface area contributed by atoms with Crippen LogP contribution in [-0.4, -0.2) is 27.0 Å². The molecule has 1 fully saturated rings. The molecule has 1 amide bonds. The number of hydrogen-bond acceptors (Lipinski definition) is 4. The number of sulfonamides is 1. The van der Waals surface area contributed by atoms with Gasteiger partial charge in [-0.2, -0.15) is 8.78 Å². The Kier molecular flexibility index (Phi) is 5.95. The molecule has 0 heterocycles. The van der Waals surface area contributed by atoms with E-state index in [4.69, 9.17) is 0 Å². The molecule has 1 aliphatic carbocycles. The molecule has 150 valence electrons. The summed E-state index contributed by atoms with van der Waals surface area (Å²) >= 11 is 0. The minimum absolute atomic E-state index is 0.0272. The molecule has 9 heteroatoms. The van der Waals surface area contributed by atoms with Gasteiger partial charge in [0.2, 0.25) is 10.0 Å². The number of benzene rings is 2. The van der Waals surface area contributed by atoms with Crippen LogP contribution in [0.5, 0.6) is 5.75 Å². The summed E-state index contributed by atoms with van der Waals surface area (Å²) in [7, 11) is -3.66. The summed E-state index contributed by atoms with van der Waals surface area (Å²) in [5.41, 5.74) is 1.59. The van der Waals surface area contributed by atoms with E-state index in [0.717, 1.165) is 12.8 Å². The number of nitrogens with one attached hydrogen (secondary N) is 2. The molecular formula is C19H20F2N2O4S. The Morgan fingerprint density at radius 2 is 1.86 bits per heavy atom. The van der Waals surface area contributed by atoms with Crippen LogP contribution in [0.3, 0.4) is 0 Å². The molecular weight excluding hydrogens is 390 g/mol. The van der Waals surface area contributed by atoms with Crippen molar-refractivity contribution >= 4 is 15.9 Å². The van der Waals surface area contributed by atoms with Crippen LogP contribution >= 0.6 is 0 Å². The highest BCUT2D eigenvalue weighted by Crippen LogP contribution is 2.23. The van der Waals surface area contributed by atoms with E-state index in [2.05, 4.69) is 14.8 Å². The lowest BCUT2D eigenvalue weighted by molar-refractivity contribution is -0.0498. The van der Waals surface area contributed by atoms with E-state index in [-0.39, 0.29) is 28.8 Å². The third kappa shape index (κ3) is 5.26. The van der Waals surface area contributed by atoms with E-state index >= 15 is 0 Å². The topological polar surface area (TPSA) is 84.5 Å². The van der Waals surface area contributed by atoms with E-state index in [1.807, 2.05) is 0 Å². The number of rotatable bonds is 8. The van der Waals surface area contributed by atoms with Crippen molar-refractivity contribution in [1.82, 2.24) is 10.0 Å². The van der Waals surface area contributed by atoms with E-state index in [1.54, 1.807) is 25.1 Å². The largest absolute Gasteiger partial charge is 0.435 e. The molecule has 3 rings (SSSR count). The van der Waals surface area contributed by atoms with Gasteiger partial charge in [-0.3, -0.25) is 4.79 Å².